The van der Waals surface area contributed by atoms with Crippen LogP contribution in [-0.2, 0) is 0 Å². The topological polar surface area (TPSA) is 54.5 Å². The number of rotatable bonds is 5. The molecule has 59 heavy (non-hydrogen) atoms. The van der Waals surface area contributed by atoms with Gasteiger partial charge < -0.3 is 4.57 Å². The standard InChI is InChI=1S/C55H32N4/c56-33-34-20-24-52-54-39(34)21-22-45-44(23-25-53(55(45)54)59(52)38-12-2-1-3-13-38)47-32-49-41-15-5-4-14-40(41)46(31-48(49)43-17-7-6-16-42(43)47)35-28-36(50-18-8-10-26-57-50)30-37(29-35)51-19-9-11-27-58-51/h1-32H. The van der Waals surface area contributed by atoms with Crippen molar-refractivity contribution in [2.24, 2.45) is 0 Å². The van der Waals surface area contributed by atoms with Gasteiger partial charge in [-0.3, -0.25) is 9.97 Å². The Kier molecular flexibility index (Phi) is 7.26. The fourth-order valence-corrected chi connectivity index (χ4v) is 9.50. The second-order valence-corrected chi connectivity index (χ2v) is 15.2. The van der Waals surface area contributed by atoms with Crippen molar-refractivity contribution in [3.8, 4) is 56.5 Å². The fourth-order valence-electron chi connectivity index (χ4n) is 9.50. The highest BCUT2D eigenvalue weighted by molar-refractivity contribution is 6.30. The van der Waals surface area contributed by atoms with Gasteiger partial charge in [-0.1, -0.05) is 97.1 Å². The van der Waals surface area contributed by atoms with Gasteiger partial charge in [0.05, 0.1) is 34.1 Å². The van der Waals surface area contributed by atoms with Gasteiger partial charge in [-0.2, -0.15) is 5.26 Å². The zero-order chi connectivity index (χ0) is 39.0. The minimum absolute atomic E-state index is 0.688. The smallest absolute Gasteiger partial charge is 0.0998 e. The predicted molar refractivity (Wildman–Crippen MR) is 244 cm³/mol. The van der Waals surface area contributed by atoms with Gasteiger partial charge in [0.25, 0.3) is 0 Å². The zero-order valence-corrected chi connectivity index (χ0v) is 31.8. The maximum atomic E-state index is 10.2. The van der Waals surface area contributed by atoms with Gasteiger partial charge in [-0.05, 0) is 145 Å². The number of para-hydroxylation sites is 1. The van der Waals surface area contributed by atoms with Crippen LogP contribution in [-0.4, -0.2) is 14.5 Å². The average Bonchev–Trinajstić information content (AvgIpc) is 3.66. The van der Waals surface area contributed by atoms with Crippen molar-refractivity contribution in [1.29, 1.82) is 5.26 Å². The third kappa shape index (κ3) is 5.02. The van der Waals surface area contributed by atoms with E-state index in [1.807, 2.05) is 42.7 Å². The first kappa shape index (κ1) is 33.1. The van der Waals surface area contributed by atoms with Crippen molar-refractivity contribution < 1.29 is 0 Å². The summed E-state index contributed by atoms with van der Waals surface area (Å²) in [5.74, 6) is 0. The number of fused-ring (bicyclic) bond motifs is 5. The highest BCUT2D eigenvalue weighted by Crippen LogP contribution is 2.47. The number of hydrogen-bond donors (Lipinski definition) is 0. The van der Waals surface area contributed by atoms with E-state index in [4.69, 9.17) is 9.97 Å². The average molecular weight is 749 g/mol. The number of pyridine rings is 2. The molecule has 0 saturated heterocycles. The van der Waals surface area contributed by atoms with Crippen LogP contribution in [0.25, 0.3) is 115 Å². The Morgan fingerprint density at radius 3 is 1.53 bits per heavy atom. The van der Waals surface area contributed by atoms with Gasteiger partial charge in [-0.25, -0.2) is 0 Å². The van der Waals surface area contributed by atoms with Gasteiger partial charge in [0.2, 0.25) is 0 Å². The largest absolute Gasteiger partial charge is 0.309 e. The van der Waals surface area contributed by atoms with Gasteiger partial charge in [-0.15, -0.1) is 0 Å². The van der Waals surface area contributed by atoms with E-state index >= 15 is 0 Å². The summed E-state index contributed by atoms with van der Waals surface area (Å²) in [5.41, 5.74) is 12.6. The molecule has 9 aromatic carbocycles. The number of nitriles is 1. The lowest BCUT2D eigenvalue weighted by Crippen LogP contribution is -1.93. The van der Waals surface area contributed by atoms with E-state index in [0.29, 0.717) is 5.56 Å². The Morgan fingerprint density at radius 1 is 0.373 bits per heavy atom. The summed E-state index contributed by atoms with van der Waals surface area (Å²) in [4.78, 5) is 9.50. The molecule has 0 unspecified atom stereocenters. The molecule has 0 N–H and O–H groups in total. The number of nitrogens with zero attached hydrogens (tertiary/aromatic N) is 4. The van der Waals surface area contributed by atoms with Crippen LogP contribution in [0.1, 0.15) is 5.56 Å². The molecule has 4 nitrogen and oxygen atoms in total. The highest BCUT2D eigenvalue weighted by Gasteiger charge is 2.22. The van der Waals surface area contributed by atoms with Gasteiger partial charge in [0.1, 0.15) is 0 Å². The van der Waals surface area contributed by atoms with E-state index in [9.17, 15) is 5.26 Å². The maximum Gasteiger partial charge on any atom is 0.0998 e. The molecule has 0 atom stereocenters. The maximum absolute atomic E-state index is 10.2. The molecule has 0 spiro atoms. The molecule has 0 radical (unpaired) electrons. The van der Waals surface area contributed by atoms with E-state index in [1.54, 1.807) is 0 Å². The van der Waals surface area contributed by atoms with Crippen LogP contribution in [0.15, 0.2) is 194 Å². The first-order valence-electron chi connectivity index (χ1n) is 19.9. The summed E-state index contributed by atoms with van der Waals surface area (Å²) in [6.07, 6.45) is 3.70. The van der Waals surface area contributed by atoms with E-state index in [-0.39, 0.29) is 0 Å². The van der Waals surface area contributed by atoms with Crippen LogP contribution in [0.2, 0.25) is 0 Å². The lowest BCUT2D eigenvalue weighted by atomic mass is 9.85. The molecule has 0 fully saturated rings. The fraction of sp³-hybridized carbons (Fsp3) is 0. The molecule has 0 saturated carbocycles. The Balaban J connectivity index is 1.15. The molecular formula is C55H32N4. The van der Waals surface area contributed by atoms with Crippen molar-refractivity contribution >= 4 is 64.9 Å². The molecule has 12 aromatic rings. The Morgan fingerprint density at radius 2 is 0.898 bits per heavy atom. The Hall–Kier alpha value is -8.13. The Bertz CT molecular complexity index is 3600. The molecule has 4 heteroatoms. The Labute approximate surface area is 339 Å². The van der Waals surface area contributed by atoms with Crippen molar-refractivity contribution in [3.05, 3.63) is 200 Å². The second-order valence-electron chi connectivity index (χ2n) is 15.2. The number of benzene rings is 9. The monoisotopic (exact) mass is 748 g/mol. The first-order valence-corrected chi connectivity index (χ1v) is 19.9. The summed E-state index contributed by atoms with van der Waals surface area (Å²) >= 11 is 0. The number of aromatic nitrogens is 3. The summed E-state index contributed by atoms with van der Waals surface area (Å²) in [7, 11) is 0. The van der Waals surface area contributed by atoms with Crippen molar-refractivity contribution in [2.45, 2.75) is 0 Å². The third-order valence-electron chi connectivity index (χ3n) is 12.1. The molecular weight excluding hydrogens is 717 g/mol. The lowest BCUT2D eigenvalue weighted by Gasteiger charge is -2.18. The zero-order valence-electron chi connectivity index (χ0n) is 31.8. The molecule has 12 rings (SSSR count). The van der Waals surface area contributed by atoms with Crippen molar-refractivity contribution in [3.63, 3.8) is 0 Å². The first-order chi connectivity index (χ1) is 29.2. The second kappa shape index (κ2) is 13.0. The molecule has 0 aliphatic rings. The van der Waals surface area contributed by atoms with Crippen LogP contribution in [0, 0.1) is 11.3 Å². The minimum Gasteiger partial charge on any atom is -0.309 e. The molecule has 3 aromatic heterocycles. The van der Waals surface area contributed by atoms with Crippen LogP contribution >= 0.6 is 0 Å². The van der Waals surface area contributed by atoms with Gasteiger partial charge in [0, 0.05) is 45.4 Å². The minimum atomic E-state index is 0.688. The molecule has 0 bridgehead atoms. The van der Waals surface area contributed by atoms with E-state index in [0.717, 1.165) is 61.1 Å². The van der Waals surface area contributed by atoms with E-state index in [2.05, 4.69) is 162 Å². The third-order valence-corrected chi connectivity index (χ3v) is 12.1. The summed E-state index contributed by atoms with van der Waals surface area (Å²) in [6, 6.07) is 67.2. The molecule has 0 amide bonds. The summed E-state index contributed by atoms with van der Waals surface area (Å²) < 4.78 is 2.34. The molecule has 0 aliphatic carbocycles. The summed E-state index contributed by atoms with van der Waals surface area (Å²) in [5, 5.41) is 21.8. The van der Waals surface area contributed by atoms with Crippen LogP contribution in [0.4, 0.5) is 0 Å². The molecule has 272 valence electrons. The van der Waals surface area contributed by atoms with Crippen LogP contribution < -0.4 is 0 Å². The van der Waals surface area contributed by atoms with E-state index < -0.39 is 0 Å². The predicted octanol–water partition coefficient (Wildman–Crippen LogP) is 14.2. The normalized spacial score (nSPS) is 11.7. The molecule has 3 heterocycles. The number of hydrogen-bond acceptors (Lipinski definition) is 3. The highest BCUT2D eigenvalue weighted by atomic mass is 15.0. The SMILES string of the molecule is N#Cc1ccc2c3c1ccc1c(-c4cc5c6ccccc6c(-c6cc(-c7ccccn7)cc(-c7ccccn7)c6)cc5c5ccccc45)ccc(c13)n2-c1ccccc1. The van der Waals surface area contributed by atoms with Crippen LogP contribution in [0.3, 0.4) is 0 Å². The lowest BCUT2D eigenvalue weighted by molar-refractivity contribution is 1.18. The van der Waals surface area contributed by atoms with Crippen LogP contribution in [0.5, 0.6) is 0 Å². The van der Waals surface area contributed by atoms with Crippen molar-refractivity contribution in [2.75, 3.05) is 0 Å². The quantitative estimate of drug-likeness (QED) is 0.165. The molecule has 0 aliphatic heterocycles. The van der Waals surface area contributed by atoms with Gasteiger partial charge >= 0.3 is 0 Å². The van der Waals surface area contributed by atoms with E-state index in [1.165, 1.54) is 54.2 Å². The summed E-state index contributed by atoms with van der Waals surface area (Å²) in [6.45, 7) is 0. The van der Waals surface area contributed by atoms with Gasteiger partial charge in [0.15, 0.2) is 0 Å². The van der Waals surface area contributed by atoms with Crippen molar-refractivity contribution in [1.82, 2.24) is 14.5 Å².